The van der Waals surface area contributed by atoms with Crippen molar-refractivity contribution in [1.29, 1.82) is 0 Å². The standard InChI is InChI=1S/C11H11BrClN3O2/c1-17-5-4-14-11-15-10(16-18-11)7-2-3-9(13)8(12)6-7/h2-3,6H,4-5H2,1H3,(H,14,15,16). The minimum Gasteiger partial charge on any atom is -0.383 e. The number of methoxy groups -OCH3 is 1. The van der Waals surface area contributed by atoms with Crippen LogP contribution >= 0.6 is 27.5 Å². The van der Waals surface area contributed by atoms with Crippen LogP contribution in [-0.4, -0.2) is 30.4 Å². The fraction of sp³-hybridized carbons (Fsp3) is 0.273. The maximum Gasteiger partial charge on any atom is 0.321 e. The van der Waals surface area contributed by atoms with E-state index in [1.165, 1.54) is 0 Å². The van der Waals surface area contributed by atoms with Crippen molar-refractivity contribution in [3.05, 3.63) is 27.7 Å². The van der Waals surface area contributed by atoms with Crippen molar-refractivity contribution in [2.75, 3.05) is 25.6 Å². The predicted molar refractivity (Wildman–Crippen MR) is 72.8 cm³/mol. The lowest BCUT2D eigenvalue weighted by Gasteiger charge is -1.98. The third kappa shape index (κ3) is 3.22. The molecular weight excluding hydrogens is 321 g/mol. The molecule has 0 fully saturated rings. The Labute approximate surface area is 118 Å². The highest BCUT2D eigenvalue weighted by Gasteiger charge is 2.09. The highest BCUT2D eigenvalue weighted by atomic mass is 79.9. The van der Waals surface area contributed by atoms with Gasteiger partial charge in [-0.3, -0.25) is 0 Å². The van der Waals surface area contributed by atoms with Gasteiger partial charge in [0.2, 0.25) is 5.82 Å². The molecule has 2 rings (SSSR count). The molecule has 1 heterocycles. The van der Waals surface area contributed by atoms with Crippen LogP contribution in [0.3, 0.4) is 0 Å². The lowest BCUT2D eigenvalue weighted by atomic mass is 10.2. The number of rotatable bonds is 5. The average molecular weight is 333 g/mol. The smallest absolute Gasteiger partial charge is 0.321 e. The molecular formula is C11H11BrClN3O2. The molecule has 0 saturated carbocycles. The number of hydrogen-bond acceptors (Lipinski definition) is 5. The Morgan fingerprint density at radius 1 is 1.50 bits per heavy atom. The van der Waals surface area contributed by atoms with Gasteiger partial charge in [0.25, 0.3) is 0 Å². The lowest BCUT2D eigenvalue weighted by molar-refractivity contribution is 0.210. The largest absolute Gasteiger partial charge is 0.383 e. The topological polar surface area (TPSA) is 60.2 Å². The van der Waals surface area contributed by atoms with E-state index in [1.807, 2.05) is 12.1 Å². The second kappa shape index (κ2) is 6.17. The molecule has 0 aliphatic carbocycles. The van der Waals surface area contributed by atoms with Gasteiger partial charge >= 0.3 is 6.01 Å². The van der Waals surface area contributed by atoms with Gasteiger partial charge in [-0.05, 0) is 34.1 Å². The fourth-order valence-electron chi connectivity index (χ4n) is 1.31. The van der Waals surface area contributed by atoms with Crippen molar-refractivity contribution in [3.63, 3.8) is 0 Å². The SMILES string of the molecule is COCCNc1nc(-c2ccc(Cl)c(Br)c2)no1. The zero-order valence-corrected chi connectivity index (χ0v) is 12.0. The van der Waals surface area contributed by atoms with Crippen LogP contribution in [0.2, 0.25) is 5.02 Å². The van der Waals surface area contributed by atoms with Gasteiger partial charge in [0.1, 0.15) is 0 Å². The molecule has 1 aromatic carbocycles. The molecule has 0 bridgehead atoms. The third-order valence-electron chi connectivity index (χ3n) is 2.19. The van der Waals surface area contributed by atoms with Crippen LogP contribution in [0.1, 0.15) is 0 Å². The van der Waals surface area contributed by atoms with Gasteiger partial charge in [-0.2, -0.15) is 4.98 Å². The molecule has 0 aliphatic rings. The van der Waals surface area contributed by atoms with Crippen LogP contribution in [-0.2, 0) is 4.74 Å². The molecule has 0 radical (unpaired) electrons. The van der Waals surface area contributed by atoms with E-state index in [0.29, 0.717) is 30.0 Å². The number of hydrogen-bond donors (Lipinski definition) is 1. The molecule has 7 heteroatoms. The summed E-state index contributed by atoms with van der Waals surface area (Å²) in [5.41, 5.74) is 0.829. The van der Waals surface area contributed by atoms with E-state index in [9.17, 15) is 0 Å². The van der Waals surface area contributed by atoms with Crippen LogP contribution in [0.25, 0.3) is 11.4 Å². The number of halogens is 2. The first-order valence-electron chi connectivity index (χ1n) is 5.22. The highest BCUT2D eigenvalue weighted by molar-refractivity contribution is 9.10. The molecule has 18 heavy (non-hydrogen) atoms. The summed E-state index contributed by atoms with van der Waals surface area (Å²) < 4.78 is 10.8. The van der Waals surface area contributed by atoms with Crippen molar-refractivity contribution in [3.8, 4) is 11.4 Å². The Hall–Kier alpha value is -1.11. The number of ether oxygens (including phenoxy) is 1. The zero-order valence-electron chi connectivity index (χ0n) is 9.61. The molecule has 0 unspecified atom stereocenters. The molecule has 1 aromatic heterocycles. The molecule has 5 nitrogen and oxygen atoms in total. The summed E-state index contributed by atoms with van der Waals surface area (Å²) in [5, 5.41) is 7.48. The summed E-state index contributed by atoms with van der Waals surface area (Å²) in [7, 11) is 1.63. The third-order valence-corrected chi connectivity index (χ3v) is 3.40. The molecule has 0 saturated heterocycles. The number of nitrogens with one attached hydrogen (secondary N) is 1. The van der Waals surface area contributed by atoms with E-state index in [2.05, 4.69) is 31.4 Å². The van der Waals surface area contributed by atoms with Gasteiger partial charge in [0, 0.05) is 23.7 Å². The predicted octanol–water partition coefficient (Wildman–Crippen LogP) is 3.21. The van der Waals surface area contributed by atoms with Crippen molar-refractivity contribution >= 4 is 33.5 Å². The minimum atomic E-state index is 0.369. The quantitative estimate of drug-likeness (QED) is 0.852. The van der Waals surface area contributed by atoms with Crippen LogP contribution in [0, 0.1) is 0 Å². The number of anilines is 1. The summed E-state index contributed by atoms with van der Waals surface area (Å²) in [6.45, 7) is 1.19. The Morgan fingerprint density at radius 3 is 3.06 bits per heavy atom. The van der Waals surface area contributed by atoms with Crippen molar-refractivity contribution in [2.45, 2.75) is 0 Å². The van der Waals surface area contributed by atoms with Crippen LogP contribution in [0.4, 0.5) is 6.01 Å². The molecule has 0 amide bonds. The number of nitrogens with zero attached hydrogens (tertiary/aromatic N) is 2. The average Bonchev–Trinajstić information content (AvgIpc) is 2.82. The Morgan fingerprint density at radius 2 is 2.33 bits per heavy atom. The van der Waals surface area contributed by atoms with E-state index in [1.54, 1.807) is 13.2 Å². The Balaban J connectivity index is 2.11. The van der Waals surface area contributed by atoms with Crippen LogP contribution < -0.4 is 5.32 Å². The van der Waals surface area contributed by atoms with Gasteiger partial charge < -0.3 is 14.6 Å². The van der Waals surface area contributed by atoms with E-state index < -0.39 is 0 Å². The van der Waals surface area contributed by atoms with Crippen LogP contribution in [0.15, 0.2) is 27.2 Å². The Bertz CT molecular complexity index is 533. The molecule has 0 aliphatic heterocycles. The Kier molecular flexibility index (Phi) is 4.57. The van der Waals surface area contributed by atoms with Crippen molar-refractivity contribution in [1.82, 2.24) is 10.1 Å². The van der Waals surface area contributed by atoms with Gasteiger partial charge in [0.05, 0.1) is 11.6 Å². The first-order valence-corrected chi connectivity index (χ1v) is 6.39. The highest BCUT2D eigenvalue weighted by Crippen LogP contribution is 2.27. The minimum absolute atomic E-state index is 0.369. The lowest BCUT2D eigenvalue weighted by Crippen LogP contribution is -2.07. The molecule has 1 N–H and O–H groups in total. The van der Waals surface area contributed by atoms with Gasteiger partial charge in [-0.25, -0.2) is 0 Å². The fourth-order valence-corrected chi connectivity index (χ4v) is 1.80. The van der Waals surface area contributed by atoms with E-state index in [0.717, 1.165) is 10.0 Å². The molecule has 0 spiro atoms. The second-order valence-corrected chi connectivity index (χ2v) is 4.73. The second-order valence-electron chi connectivity index (χ2n) is 3.47. The monoisotopic (exact) mass is 331 g/mol. The van der Waals surface area contributed by atoms with E-state index in [4.69, 9.17) is 20.9 Å². The number of aromatic nitrogens is 2. The maximum atomic E-state index is 5.92. The van der Waals surface area contributed by atoms with Crippen molar-refractivity contribution < 1.29 is 9.26 Å². The zero-order chi connectivity index (χ0) is 13.0. The first kappa shape index (κ1) is 13.3. The van der Waals surface area contributed by atoms with Crippen molar-refractivity contribution in [2.24, 2.45) is 0 Å². The molecule has 96 valence electrons. The number of benzene rings is 1. The molecule has 2 aromatic rings. The van der Waals surface area contributed by atoms with E-state index in [-0.39, 0.29) is 0 Å². The maximum absolute atomic E-state index is 5.92. The first-order chi connectivity index (χ1) is 8.70. The normalized spacial score (nSPS) is 10.6. The summed E-state index contributed by atoms with van der Waals surface area (Å²) in [4.78, 5) is 4.21. The summed E-state index contributed by atoms with van der Waals surface area (Å²) in [6, 6.07) is 5.81. The van der Waals surface area contributed by atoms with Gasteiger partial charge in [-0.1, -0.05) is 16.8 Å². The van der Waals surface area contributed by atoms with Gasteiger partial charge in [-0.15, -0.1) is 0 Å². The molecule has 0 atom stereocenters. The summed E-state index contributed by atoms with van der Waals surface area (Å²) >= 11 is 9.27. The van der Waals surface area contributed by atoms with Crippen LogP contribution in [0.5, 0.6) is 0 Å². The van der Waals surface area contributed by atoms with E-state index >= 15 is 0 Å². The van der Waals surface area contributed by atoms with Gasteiger partial charge in [0.15, 0.2) is 0 Å². The summed E-state index contributed by atoms with van der Waals surface area (Å²) in [5.74, 6) is 0.507. The summed E-state index contributed by atoms with van der Waals surface area (Å²) in [6.07, 6.45) is 0.